The molecule has 1 aliphatic carbocycles. The van der Waals surface area contributed by atoms with E-state index >= 15 is 0 Å². The molecular formula is C17H21NO2. The van der Waals surface area contributed by atoms with Crippen LogP contribution in [0.5, 0.6) is 0 Å². The Hall–Kier alpha value is -1.79. The molecule has 20 heavy (non-hydrogen) atoms. The lowest BCUT2D eigenvalue weighted by atomic mass is 9.99. The van der Waals surface area contributed by atoms with E-state index in [2.05, 4.69) is 24.1 Å². The SMILES string of the molecule is CC(NC(=O)c1cccc(C#CCO)c1)C1CCCC1. The zero-order chi connectivity index (χ0) is 14.4. The molecule has 1 aromatic carbocycles. The summed E-state index contributed by atoms with van der Waals surface area (Å²) in [4.78, 5) is 12.2. The Balaban J connectivity index is 2.01. The van der Waals surface area contributed by atoms with Crippen LogP contribution in [0.15, 0.2) is 24.3 Å². The van der Waals surface area contributed by atoms with Crippen LogP contribution in [0, 0.1) is 17.8 Å². The molecular weight excluding hydrogens is 250 g/mol. The Kier molecular flexibility index (Phi) is 5.20. The van der Waals surface area contributed by atoms with Crippen LogP contribution >= 0.6 is 0 Å². The minimum absolute atomic E-state index is 0.0444. The number of carbonyl (C=O) groups excluding carboxylic acids is 1. The summed E-state index contributed by atoms with van der Waals surface area (Å²) < 4.78 is 0. The summed E-state index contributed by atoms with van der Waals surface area (Å²) in [5.41, 5.74) is 1.37. The molecule has 106 valence electrons. The maximum absolute atomic E-state index is 12.2. The molecule has 1 unspecified atom stereocenters. The van der Waals surface area contributed by atoms with Crippen LogP contribution in [0.4, 0.5) is 0 Å². The largest absolute Gasteiger partial charge is 0.384 e. The summed E-state index contributed by atoms with van der Waals surface area (Å²) in [5, 5.41) is 11.8. The highest BCUT2D eigenvalue weighted by atomic mass is 16.2. The number of nitrogens with one attached hydrogen (secondary N) is 1. The second-order valence-corrected chi connectivity index (χ2v) is 5.35. The number of amides is 1. The number of hydrogen-bond acceptors (Lipinski definition) is 2. The number of hydrogen-bond donors (Lipinski definition) is 2. The molecule has 1 atom stereocenters. The average molecular weight is 271 g/mol. The lowest BCUT2D eigenvalue weighted by Crippen LogP contribution is -2.37. The first-order chi connectivity index (χ1) is 9.70. The smallest absolute Gasteiger partial charge is 0.251 e. The number of benzene rings is 1. The van der Waals surface area contributed by atoms with Crippen LogP contribution in [0.2, 0.25) is 0 Å². The number of aliphatic hydroxyl groups is 1. The van der Waals surface area contributed by atoms with Gasteiger partial charge >= 0.3 is 0 Å². The van der Waals surface area contributed by atoms with Crippen molar-refractivity contribution in [2.45, 2.75) is 38.6 Å². The van der Waals surface area contributed by atoms with Crippen LogP contribution in [-0.4, -0.2) is 23.7 Å². The zero-order valence-corrected chi connectivity index (χ0v) is 11.9. The van der Waals surface area contributed by atoms with Gasteiger partial charge in [-0.2, -0.15) is 0 Å². The second-order valence-electron chi connectivity index (χ2n) is 5.35. The van der Waals surface area contributed by atoms with E-state index in [1.54, 1.807) is 12.1 Å². The van der Waals surface area contributed by atoms with Gasteiger partial charge in [-0.05, 0) is 43.9 Å². The van der Waals surface area contributed by atoms with Gasteiger partial charge in [0.15, 0.2) is 0 Å². The monoisotopic (exact) mass is 271 g/mol. The van der Waals surface area contributed by atoms with Crippen molar-refractivity contribution in [2.75, 3.05) is 6.61 Å². The van der Waals surface area contributed by atoms with Crippen molar-refractivity contribution in [3.05, 3.63) is 35.4 Å². The fourth-order valence-electron chi connectivity index (χ4n) is 2.75. The Bertz CT molecular complexity index is 521. The number of rotatable bonds is 3. The van der Waals surface area contributed by atoms with Gasteiger partial charge in [-0.25, -0.2) is 0 Å². The maximum atomic E-state index is 12.2. The highest BCUT2D eigenvalue weighted by Gasteiger charge is 2.23. The molecule has 0 bridgehead atoms. The molecule has 0 heterocycles. The predicted molar refractivity (Wildman–Crippen MR) is 79.3 cm³/mol. The molecule has 1 saturated carbocycles. The molecule has 0 saturated heterocycles. The minimum atomic E-state index is -0.171. The van der Waals surface area contributed by atoms with E-state index in [0.717, 1.165) is 5.56 Å². The van der Waals surface area contributed by atoms with E-state index in [9.17, 15) is 4.79 Å². The van der Waals surface area contributed by atoms with Gasteiger partial charge in [0.05, 0.1) is 0 Å². The van der Waals surface area contributed by atoms with Crippen LogP contribution in [-0.2, 0) is 0 Å². The first-order valence-electron chi connectivity index (χ1n) is 7.21. The topological polar surface area (TPSA) is 49.3 Å². The molecule has 1 aliphatic rings. The molecule has 0 aliphatic heterocycles. The van der Waals surface area contributed by atoms with Crippen molar-refractivity contribution in [3.63, 3.8) is 0 Å². The van der Waals surface area contributed by atoms with E-state index < -0.39 is 0 Å². The highest BCUT2D eigenvalue weighted by molar-refractivity contribution is 5.94. The number of aliphatic hydroxyl groups excluding tert-OH is 1. The first-order valence-corrected chi connectivity index (χ1v) is 7.21. The third kappa shape index (κ3) is 3.85. The molecule has 0 spiro atoms. The number of carbonyl (C=O) groups is 1. The normalized spacial score (nSPS) is 16.3. The Morgan fingerprint density at radius 3 is 2.90 bits per heavy atom. The van der Waals surface area contributed by atoms with Crippen molar-refractivity contribution >= 4 is 5.91 Å². The van der Waals surface area contributed by atoms with Gasteiger partial charge < -0.3 is 10.4 Å². The Morgan fingerprint density at radius 1 is 1.45 bits per heavy atom. The van der Waals surface area contributed by atoms with E-state index in [0.29, 0.717) is 11.5 Å². The van der Waals surface area contributed by atoms with Gasteiger partial charge in [0.2, 0.25) is 0 Å². The minimum Gasteiger partial charge on any atom is -0.384 e. The fraction of sp³-hybridized carbons (Fsp3) is 0.471. The molecule has 0 aromatic heterocycles. The Morgan fingerprint density at radius 2 is 2.20 bits per heavy atom. The van der Waals surface area contributed by atoms with Gasteiger partial charge in [0.25, 0.3) is 5.91 Å². The predicted octanol–water partition coefficient (Wildman–Crippen LogP) is 2.34. The van der Waals surface area contributed by atoms with Crippen molar-refractivity contribution in [2.24, 2.45) is 5.92 Å². The molecule has 2 rings (SSSR count). The highest BCUT2D eigenvalue weighted by Crippen LogP contribution is 2.27. The molecule has 1 aromatic rings. The molecule has 2 N–H and O–H groups in total. The van der Waals surface area contributed by atoms with Crippen LogP contribution in [0.3, 0.4) is 0 Å². The molecule has 3 heteroatoms. The van der Waals surface area contributed by atoms with E-state index in [-0.39, 0.29) is 18.6 Å². The Labute approximate surface area is 120 Å². The van der Waals surface area contributed by atoms with Crippen LogP contribution in [0.25, 0.3) is 0 Å². The third-order valence-corrected chi connectivity index (χ3v) is 3.90. The van der Waals surface area contributed by atoms with Crippen molar-refractivity contribution < 1.29 is 9.90 Å². The average Bonchev–Trinajstić information content (AvgIpc) is 2.99. The summed E-state index contributed by atoms with van der Waals surface area (Å²) in [6.45, 7) is 1.92. The van der Waals surface area contributed by atoms with Crippen LogP contribution in [0.1, 0.15) is 48.5 Å². The lowest BCUT2D eigenvalue weighted by molar-refractivity contribution is 0.0927. The van der Waals surface area contributed by atoms with Gasteiger partial charge in [0.1, 0.15) is 6.61 Å². The van der Waals surface area contributed by atoms with Crippen LogP contribution < -0.4 is 5.32 Å². The lowest BCUT2D eigenvalue weighted by Gasteiger charge is -2.20. The maximum Gasteiger partial charge on any atom is 0.251 e. The molecule has 1 amide bonds. The van der Waals surface area contributed by atoms with E-state index in [1.165, 1.54) is 25.7 Å². The second kappa shape index (κ2) is 7.12. The van der Waals surface area contributed by atoms with E-state index in [4.69, 9.17) is 5.11 Å². The summed E-state index contributed by atoms with van der Waals surface area (Å²) in [6, 6.07) is 7.42. The van der Waals surface area contributed by atoms with Crippen molar-refractivity contribution in [1.29, 1.82) is 0 Å². The van der Waals surface area contributed by atoms with Gasteiger partial charge in [0, 0.05) is 17.2 Å². The summed E-state index contributed by atoms with van der Waals surface area (Å²) in [7, 11) is 0. The summed E-state index contributed by atoms with van der Waals surface area (Å²) in [6.07, 6.45) is 4.97. The quantitative estimate of drug-likeness (QED) is 0.829. The van der Waals surface area contributed by atoms with Crippen molar-refractivity contribution in [1.82, 2.24) is 5.32 Å². The first kappa shape index (κ1) is 14.6. The zero-order valence-electron chi connectivity index (χ0n) is 11.9. The summed E-state index contributed by atoms with van der Waals surface area (Å²) in [5.74, 6) is 5.97. The summed E-state index contributed by atoms with van der Waals surface area (Å²) >= 11 is 0. The van der Waals surface area contributed by atoms with Crippen molar-refractivity contribution in [3.8, 4) is 11.8 Å². The van der Waals surface area contributed by atoms with Gasteiger partial charge in [-0.1, -0.05) is 30.7 Å². The standard InChI is InChI=1S/C17H21NO2/c1-13(15-8-2-3-9-15)18-17(20)16-10-4-6-14(12-16)7-5-11-19/h4,6,10,12-13,15,19H,2-3,8-9,11H2,1H3,(H,18,20). The molecule has 0 radical (unpaired) electrons. The van der Waals surface area contributed by atoms with Gasteiger partial charge in [-0.3, -0.25) is 4.79 Å². The van der Waals surface area contributed by atoms with Gasteiger partial charge in [-0.15, -0.1) is 0 Å². The molecule has 1 fully saturated rings. The van der Waals surface area contributed by atoms with E-state index in [1.807, 2.05) is 12.1 Å². The molecule has 3 nitrogen and oxygen atoms in total. The fourth-order valence-corrected chi connectivity index (χ4v) is 2.75. The third-order valence-electron chi connectivity index (χ3n) is 3.90.